The van der Waals surface area contributed by atoms with Gasteiger partial charge < -0.3 is 9.84 Å². The van der Waals surface area contributed by atoms with Crippen LogP contribution in [0.4, 0.5) is 0 Å². The van der Waals surface area contributed by atoms with Crippen LogP contribution in [0.3, 0.4) is 0 Å². The molecule has 0 heterocycles. The Morgan fingerprint density at radius 1 is 1.47 bits per heavy atom. The maximum absolute atomic E-state index is 11.6. The molecule has 1 unspecified atom stereocenters. The summed E-state index contributed by atoms with van der Waals surface area (Å²) in [5.41, 5.74) is -0.681. The number of nitrogens with one attached hydrogen (secondary N) is 1. The van der Waals surface area contributed by atoms with E-state index < -0.39 is 11.5 Å². The van der Waals surface area contributed by atoms with Gasteiger partial charge in [-0.25, -0.2) is 0 Å². The molecule has 2 fully saturated rings. The molecule has 2 aliphatic carbocycles. The fraction of sp³-hybridized carbons (Fsp3) is 0.917. The number of aliphatic carboxylic acids is 1. The van der Waals surface area contributed by atoms with Gasteiger partial charge in [0, 0.05) is 24.7 Å². The van der Waals surface area contributed by atoms with Crippen molar-refractivity contribution in [2.75, 3.05) is 25.2 Å². The lowest BCUT2D eigenvalue weighted by Crippen LogP contribution is -2.57. The van der Waals surface area contributed by atoms with Gasteiger partial charge in [0.05, 0.1) is 6.61 Å². The summed E-state index contributed by atoms with van der Waals surface area (Å²) >= 11 is 1.68. The highest BCUT2D eigenvalue weighted by atomic mass is 32.2. The van der Waals surface area contributed by atoms with Gasteiger partial charge in [-0.05, 0) is 31.6 Å². The predicted octanol–water partition coefficient (Wildman–Crippen LogP) is 1.35. The summed E-state index contributed by atoms with van der Waals surface area (Å²) in [7, 11) is 1.67. The zero-order chi connectivity index (χ0) is 12.3. The Bertz CT molecular complexity index is 279. The summed E-state index contributed by atoms with van der Waals surface area (Å²) in [6.45, 7) is 0.689. The van der Waals surface area contributed by atoms with Gasteiger partial charge in [0.1, 0.15) is 5.54 Å². The van der Waals surface area contributed by atoms with E-state index in [-0.39, 0.29) is 0 Å². The Labute approximate surface area is 106 Å². The first-order valence-corrected chi connectivity index (χ1v) is 7.42. The van der Waals surface area contributed by atoms with Crippen LogP contribution in [0.1, 0.15) is 25.7 Å². The molecule has 0 aromatic rings. The lowest BCUT2D eigenvalue weighted by molar-refractivity contribution is -0.145. The van der Waals surface area contributed by atoms with Gasteiger partial charge in [0.25, 0.3) is 0 Å². The highest BCUT2D eigenvalue weighted by molar-refractivity contribution is 7.99. The van der Waals surface area contributed by atoms with Crippen LogP contribution in [-0.4, -0.2) is 47.9 Å². The van der Waals surface area contributed by atoms with Crippen LogP contribution in [0.5, 0.6) is 0 Å². The van der Waals surface area contributed by atoms with Crippen molar-refractivity contribution < 1.29 is 14.6 Å². The normalized spacial score (nSPS) is 23.4. The van der Waals surface area contributed by atoms with Crippen molar-refractivity contribution in [2.24, 2.45) is 5.92 Å². The molecule has 0 saturated heterocycles. The van der Waals surface area contributed by atoms with E-state index in [2.05, 4.69) is 5.32 Å². The third-order valence-corrected chi connectivity index (χ3v) is 4.57. The summed E-state index contributed by atoms with van der Waals surface area (Å²) in [6.07, 6.45) is 4.36. The molecule has 0 radical (unpaired) electrons. The first-order chi connectivity index (χ1) is 8.19. The molecule has 5 heteroatoms. The van der Waals surface area contributed by atoms with Crippen LogP contribution in [0.15, 0.2) is 0 Å². The van der Waals surface area contributed by atoms with Gasteiger partial charge in [0.15, 0.2) is 0 Å². The van der Waals surface area contributed by atoms with Gasteiger partial charge in [-0.15, -0.1) is 0 Å². The third kappa shape index (κ3) is 3.36. The molecular formula is C12H21NO3S. The zero-order valence-corrected chi connectivity index (χ0v) is 11.1. The van der Waals surface area contributed by atoms with Crippen molar-refractivity contribution in [2.45, 2.75) is 37.3 Å². The number of ether oxygens (including phenoxy) is 1. The van der Waals surface area contributed by atoms with Crippen molar-refractivity contribution >= 4 is 17.7 Å². The smallest absolute Gasteiger partial charge is 0.325 e. The number of hydrogen-bond donors (Lipinski definition) is 2. The summed E-state index contributed by atoms with van der Waals surface area (Å²) in [4.78, 5) is 11.6. The van der Waals surface area contributed by atoms with Gasteiger partial charge >= 0.3 is 5.97 Å². The average Bonchev–Trinajstić information content (AvgIpc) is 3.15. The quantitative estimate of drug-likeness (QED) is 0.612. The minimum Gasteiger partial charge on any atom is -0.480 e. The van der Waals surface area contributed by atoms with Crippen LogP contribution >= 0.6 is 11.8 Å². The number of thioether (sulfide) groups is 1. The topological polar surface area (TPSA) is 58.6 Å². The molecule has 4 nitrogen and oxygen atoms in total. The second kappa shape index (κ2) is 5.59. The van der Waals surface area contributed by atoms with E-state index in [0.29, 0.717) is 24.3 Å². The van der Waals surface area contributed by atoms with Crippen LogP contribution in [0.25, 0.3) is 0 Å². The Morgan fingerprint density at radius 3 is 2.65 bits per heavy atom. The molecule has 98 valence electrons. The molecule has 17 heavy (non-hydrogen) atoms. The summed E-state index contributed by atoms with van der Waals surface area (Å²) in [5, 5.41) is 12.9. The maximum atomic E-state index is 11.6. The molecule has 0 spiro atoms. The van der Waals surface area contributed by atoms with Crippen molar-refractivity contribution in [1.82, 2.24) is 5.32 Å². The lowest BCUT2D eigenvalue weighted by atomic mass is 9.95. The predicted molar refractivity (Wildman–Crippen MR) is 68.4 cm³/mol. The first kappa shape index (κ1) is 13.2. The second-order valence-electron chi connectivity index (χ2n) is 5.01. The van der Waals surface area contributed by atoms with E-state index in [0.717, 1.165) is 31.4 Å². The molecule has 2 saturated carbocycles. The van der Waals surface area contributed by atoms with Crippen molar-refractivity contribution in [3.63, 3.8) is 0 Å². The zero-order valence-electron chi connectivity index (χ0n) is 10.3. The Balaban J connectivity index is 1.91. The molecule has 0 aliphatic heterocycles. The van der Waals surface area contributed by atoms with E-state index in [1.165, 1.54) is 0 Å². The number of carboxylic acids is 1. The van der Waals surface area contributed by atoms with E-state index in [4.69, 9.17) is 4.74 Å². The SMILES string of the molecule is COCCSCC(NC1CC1)(C(=O)O)C1CC1. The number of methoxy groups -OCH3 is 1. The fourth-order valence-electron chi connectivity index (χ4n) is 2.12. The van der Waals surface area contributed by atoms with Gasteiger partial charge in [-0.3, -0.25) is 10.1 Å². The highest BCUT2D eigenvalue weighted by Crippen LogP contribution is 2.43. The van der Waals surface area contributed by atoms with E-state index in [9.17, 15) is 9.90 Å². The van der Waals surface area contributed by atoms with Crippen molar-refractivity contribution in [3.05, 3.63) is 0 Å². The average molecular weight is 259 g/mol. The Morgan fingerprint density at radius 2 is 2.18 bits per heavy atom. The molecule has 0 bridgehead atoms. The molecule has 2 N–H and O–H groups in total. The minimum atomic E-state index is -0.681. The van der Waals surface area contributed by atoms with Crippen molar-refractivity contribution in [1.29, 1.82) is 0 Å². The van der Waals surface area contributed by atoms with Crippen molar-refractivity contribution in [3.8, 4) is 0 Å². The maximum Gasteiger partial charge on any atom is 0.325 e. The van der Waals surface area contributed by atoms with Crippen LogP contribution < -0.4 is 5.32 Å². The van der Waals surface area contributed by atoms with E-state index in [1.54, 1.807) is 18.9 Å². The Kier molecular flexibility index (Phi) is 4.33. The Hall–Kier alpha value is -0.260. The second-order valence-corrected chi connectivity index (χ2v) is 6.12. The fourth-order valence-corrected chi connectivity index (χ4v) is 3.31. The molecule has 1 atom stereocenters. The summed E-state index contributed by atoms with van der Waals surface area (Å²) in [6, 6.07) is 0.440. The number of carbonyl (C=O) groups is 1. The van der Waals surface area contributed by atoms with E-state index >= 15 is 0 Å². The molecule has 0 amide bonds. The van der Waals surface area contributed by atoms with E-state index in [1.807, 2.05) is 0 Å². The lowest BCUT2D eigenvalue weighted by Gasteiger charge is -2.30. The molecule has 0 aromatic heterocycles. The standard InChI is InChI=1S/C12H21NO3S/c1-16-6-7-17-8-12(11(14)15,9-2-3-9)13-10-4-5-10/h9-10,13H,2-8H2,1H3,(H,14,15). The van der Waals surface area contributed by atoms with Gasteiger partial charge in [0.2, 0.25) is 0 Å². The molecule has 2 rings (SSSR count). The highest BCUT2D eigenvalue weighted by Gasteiger charge is 2.52. The third-order valence-electron chi connectivity index (χ3n) is 3.46. The summed E-state index contributed by atoms with van der Waals surface area (Å²) in [5.74, 6) is 1.18. The molecule has 0 aromatic carbocycles. The minimum absolute atomic E-state index is 0.329. The largest absolute Gasteiger partial charge is 0.480 e. The number of hydrogen-bond acceptors (Lipinski definition) is 4. The molecule has 2 aliphatic rings. The van der Waals surface area contributed by atoms with Gasteiger partial charge in [-0.2, -0.15) is 11.8 Å². The van der Waals surface area contributed by atoms with Crippen LogP contribution in [0.2, 0.25) is 0 Å². The summed E-state index contributed by atoms with van der Waals surface area (Å²) < 4.78 is 5.00. The van der Waals surface area contributed by atoms with Crippen LogP contribution in [-0.2, 0) is 9.53 Å². The monoisotopic (exact) mass is 259 g/mol. The number of carboxylic acid groups (broad SMARTS) is 1. The number of rotatable bonds is 9. The van der Waals surface area contributed by atoms with Crippen LogP contribution in [0, 0.1) is 5.92 Å². The molecular weight excluding hydrogens is 238 g/mol. The van der Waals surface area contributed by atoms with Gasteiger partial charge in [-0.1, -0.05) is 0 Å². The first-order valence-electron chi connectivity index (χ1n) is 6.27.